The Hall–Kier alpha value is -1.99. The van der Waals surface area contributed by atoms with E-state index < -0.39 is 0 Å². The summed E-state index contributed by atoms with van der Waals surface area (Å²) in [5.74, 6) is 2.47. The summed E-state index contributed by atoms with van der Waals surface area (Å²) in [6, 6.07) is 6.03. The number of terminal acetylenes is 1. The van der Waals surface area contributed by atoms with E-state index in [0.29, 0.717) is 23.7 Å². The quantitative estimate of drug-likeness (QED) is 0.877. The molecule has 0 unspecified atom stereocenters. The minimum atomic E-state index is -0.0684. The van der Waals surface area contributed by atoms with Gasteiger partial charge in [-0.25, -0.2) is 0 Å². The number of rotatable bonds is 4. The van der Waals surface area contributed by atoms with E-state index in [4.69, 9.17) is 12.2 Å². The molecule has 2 rings (SSSR count). The fourth-order valence-corrected chi connectivity index (χ4v) is 3.35. The van der Waals surface area contributed by atoms with Gasteiger partial charge in [-0.1, -0.05) is 25.0 Å². The highest BCUT2D eigenvalue weighted by atomic mass is 32.1. The number of nitrogen functional groups attached to an aromatic ring is 1. The molecule has 2 aromatic rings. The molecule has 4 heteroatoms. The summed E-state index contributed by atoms with van der Waals surface area (Å²) in [6.45, 7) is 5.02. The van der Waals surface area contributed by atoms with Gasteiger partial charge in [-0.05, 0) is 25.0 Å². The van der Waals surface area contributed by atoms with Crippen molar-refractivity contribution in [1.29, 1.82) is 0 Å². The smallest absolute Gasteiger partial charge is 0.266 e. The Morgan fingerprint density at radius 3 is 2.90 bits per heavy atom. The average molecular weight is 286 g/mol. The van der Waals surface area contributed by atoms with Gasteiger partial charge in [0.2, 0.25) is 0 Å². The van der Waals surface area contributed by atoms with Crippen LogP contribution in [0.3, 0.4) is 0 Å². The van der Waals surface area contributed by atoms with E-state index in [1.807, 2.05) is 26.0 Å². The molecule has 0 aliphatic rings. The Morgan fingerprint density at radius 2 is 2.25 bits per heavy atom. The van der Waals surface area contributed by atoms with Gasteiger partial charge in [0.1, 0.15) is 4.88 Å². The first-order chi connectivity index (χ1) is 9.58. The van der Waals surface area contributed by atoms with Gasteiger partial charge < -0.3 is 10.6 Å². The zero-order chi connectivity index (χ0) is 14.7. The number of nitrogens with two attached hydrogens (primary N) is 1. The normalized spacial score (nSPS) is 10.4. The monoisotopic (exact) mass is 286 g/mol. The molecule has 0 radical (unpaired) electrons. The number of hydrogen-bond donors (Lipinski definition) is 1. The van der Waals surface area contributed by atoms with E-state index in [1.54, 1.807) is 4.90 Å². The van der Waals surface area contributed by atoms with Gasteiger partial charge in [-0.15, -0.1) is 17.8 Å². The molecule has 2 N–H and O–H groups in total. The summed E-state index contributed by atoms with van der Waals surface area (Å²) in [5.41, 5.74) is 7.85. The predicted molar refractivity (Wildman–Crippen MR) is 86.0 cm³/mol. The third-order valence-corrected chi connectivity index (χ3v) is 4.30. The lowest BCUT2D eigenvalue weighted by Crippen LogP contribution is -2.32. The van der Waals surface area contributed by atoms with E-state index in [0.717, 1.165) is 22.1 Å². The Bertz CT molecular complexity index is 682. The van der Waals surface area contributed by atoms with Crippen molar-refractivity contribution < 1.29 is 4.79 Å². The zero-order valence-corrected chi connectivity index (χ0v) is 12.6. The minimum Gasteiger partial charge on any atom is -0.397 e. The van der Waals surface area contributed by atoms with Gasteiger partial charge in [0.05, 0.1) is 12.2 Å². The molecular formula is C16H18N2OS. The van der Waals surface area contributed by atoms with Gasteiger partial charge in [-0.2, -0.15) is 0 Å². The molecule has 0 spiro atoms. The van der Waals surface area contributed by atoms with Gasteiger partial charge in [0.15, 0.2) is 0 Å². The molecule has 0 bridgehead atoms. The highest BCUT2D eigenvalue weighted by molar-refractivity contribution is 7.21. The first kappa shape index (κ1) is 14.4. The number of thiophene rings is 1. The third kappa shape index (κ3) is 2.63. The van der Waals surface area contributed by atoms with Crippen LogP contribution in [-0.4, -0.2) is 23.9 Å². The molecular weight excluding hydrogens is 268 g/mol. The molecule has 0 saturated carbocycles. The molecule has 0 fully saturated rings. The largest absolute Gasteiger partial charge is 0.397 e. The Balaban J connectivity index is 2.43. The molecule has 3 nitrogen and oxygen atoms in total. The van der Waals surface area contributed by atoms with E-state index in [9.17, 15) is 4.79 Å². The molecule has 1 aromatic heterocycles. The lowest BCUT2D eigenvalue weighted by atomic mass is 10.1. The number of aryl methyl sites for hydroxylation is 1. The molecule has 104 valence electrons. The molecule has 1 heterocycles. The summed E-state index contributed by atoms with van der Waals surface area (Å²) in [6.07, 6.45) is 6.21. The number of carbonyl (C=O) groups is 1. The summed E-state index contributed by atoms with van der Waals surface area (Å²) in [4.78, 5) is 14.8. The lowest BCUT2D eigenvalue weighted by Gasteiger charge is -2.18. The van der Waals surface area contributed by atoms with Crippen molar-refractivity contribution in [2.45, 2.75) is 20.3 Å². The zero-order valence-electron chi connectivity index (χ0n) is 11.8. The average Bonchev–Trinajstić information content (AvgIpc) is 2.74. The highest BCUT2D eigenvalue weighted by Gasteiger charge is 2.21. The number of amides is 1. The minimum absolute atomic E-state index is 0.0684. The maximum absolute atomic E-state index is 12.6. The highest BCUT2D eigenvalue weighted by Crippen LogP contribution is 2.34. The Morgan fingerprint density at radius 1 is 1.50 bits per heavy atom. The van der Waals surface area contributed by atoms with E-state index in [2.05, 4.69) is 12.0 Å². The van der Waals surface area contributed by atoms with Gasteiger partial charge in [0, 0.05) is 16.6 Å². The summed E-state index contributed by atoms with van der Waals surface area (Å²) >= 11 is 1.44. The van der Waals surface area contributed by atoms with Crippen LogP contribution in [0.15, 0.2) is 18.2 Å². The van der Waals surface area contributed by atoms with Gasteiger partial charge in [-0.3, -0.25) is 4.79 Å². The second kappa shape index (κ2) is 5.98. The van der Waals surface area contributed by atoms with Gasteiger partial charge >= 0.3 is 0 Å². The summed E-state index contributed by atoms with van der Waals surface area (Å²) in [5, 5.41) is 0.945. The molecule has 1 amide bonds. The number of hydrogen-bond acceptors (Lipinski definition) is 3. The maximum atomic E-state index is 12.6. The fraction of sp³-hybridized carbons (Fsp3) is 0.312. The molecule has 20 heavy (non-hydrogen) atoms. The van der Waals surface area contributed by atoms with Crippen LogP contribution in [0.25, 0.3) is 10.1 Å². The standard InChI is InChI=1S/C16H18N2OS/c1-4-8-18(9-5-2)16(19)15-14(17)12-7-6-11(3)10-13(12)20-15/h1,6-7,10H,5,8-9,17H2,2-3H3. The topological polar surface area (TPSA) is 46.3 Å². The lowest BCUT2D eigenvalue weighted by molar-refractivity contribution is 0.0782. The molecule has 0 aliphatic carbocycles. The van der Waals surface area contributed by atoms with Crippen molar-refractivity contribution in [3.05, 3.63) is 28.6 Å². The Labute approximate surface area is 123 Å². The first-order valence-corrected chi connectivity index (χ1v) is 7.41. The second-order valence-corrected chi connectivity index (χ2v) is 5.83. The summed E-state index contributed by atoms with van der Waals surface area (Å²) < 4.78 is 1.04. The van der Waals surface area contributed by atoms with E-state index in [1.165, 1.54) is 11.3 Å². The number of carbonyl (C=O) groups excluding carboxylic acids is 1. The predicted octanol–water partition coefficient (Wildman–Crippen LogP) is 3.28. The van der Waals surface area contributed by atoms with Crippen LogP contribution in [-0.2, 0) is 0 Å². The molecule has 1 aromatic carbocycles. The van der Waals surface area contributed by atoms with E-state index in [-0.39, 0.29) is 5.91 Å². The molecule has 0 atom stereocenters. The number of anilines is 1. The van der Waals surface area contributed by atoms with Crippen LogP contribution >= 0.6 is 11.3 Å². The van der Waals surface area contributed by atoms with Crippen molar-refractivity contribution in [3.8, 4) is 12.3 Å². The van der Waals surface area contributed by atoms with Crippen molar-refractivity contribution >= 4 is 33.0 Å². The van der Waals surface area contributed by atoms with Crippen molar-refractivity contribution in [1.82, 2.24) is 4.90 Å². The number of benzene rings is 1. The van der Waals surface area contributed by atoms with Gasteiger partial charge in [0.25, 0.3) is 5.91 Å². The Kier molecular flexibility index (Phi) is 4.31. The fourth-order valence-electron chi connectivity index (χ4n) is 2.16. The van der Waals surface area contributed by atoms with E-state index >= 15 is 0 Å². The van der Waals surface area contributed by atoms with Crippen molar-refractivity contribution in [3.63, 3.8) is 0 Å². The van der Waals surface area contributed by atoms with Crippen LogP contribution in [0, 0.1) is 19.3 Å². The second-order valence-electron chi connectivity index (χ2n) is 4.78. The van der Waals surface area contributed by atoms with Crippen LogP contribution in [0.5, 0.6) is 0 Å². The SMILES string of the molecule is C#CCN(CCC)C(=O)c1sc2cc(C)ccc2c1N. The van der Waals surface area contributed by atoms with Crippen LogP contribution in [0.2, 0.25) is 0 Å². The third-order valence-electron chi connectivity index (χ3n) is 3.14. The van der Waals surface area contributed by atoms with Crippen LogP contribution < -0.4 is 5.73 Å². The van der Waals surface area contributed by atoms with Crippen molar-refractivity contribution in [2.24, 2.45) is 0 Å². The summed E-state index contributed by atoms with van der Waals surface area (Å²) in [7, 11) is 0. The number of fused-ring (bicyclic) bond motifs is 1. The van der Waals surface area contributed by atoms with Crippen LogP contribution in [0.1, 0.15) is 28.6 Å². The number of nitrogens with zero attached hydrogens (tertiary/aromatic N) is 1. The van der Waals surface area contributed by atoms with Crippen LogP contribution in [0.4, 0.5) is 5.69 Å². The first-order valence-electron chi connectivity index (χ1n) is 6.59. The van der Waals surface area contributed by atoms with Crippen molar-refractivity contribution in [2.75, 3.05) is 18.8 Å². The maximum Gasteiger partial charge on any atom is 0.266 e. The molecule has 0 aliphatic heterocycles. The molecule has 0 saturated heterocycles.